The van der Waals surface area contributed by atoms with E-state index in [9.17, 15) is 19.8 Å². The van der Waals surface area contributed by atoms with Gasteiger partial charge in [0.1, 0.15) is 18.3 Å². The van der Waals surface area contributed by atoms with Crippen LogP contribution in [0.5, 0.6) is 0 Å². The minimum absolute atomic E-state index is 0.0928. The molecule has 1 saturated heterocycles. The molecule has 9 heteroatoms. The second-order valence-electron chi connectivity index (χ2n) is 4.25. The third-order valence-electron chi connectivity index (χ3n) is 3.05. The van der Waals surface area contributed by atoms with E-state index in [1.54, 1.807) is 0 Å². The summed E-state index contributed by atoms with van der Waals surface area (Å²) < 4.78 is 6.13. The fourth-order valence-electron chi connectivity index (χ4n) is 1.97. The number of nitrogens with zero attached hydrogens (tertiary/aromatic N) is 1. The molecule has 0 saturated carbocycles. The summed E-state index contributed by atoms with van der Waals surface area (Å²) in [6.45, 7) is -0.596. The smallest absolute Gasteiger partial charge is 0.330 e. The van der Waals surface area contributed by atoms with Crippen LogP contribution in [0.1, 0.15) is 11.8 Å². The van der Waals surface area contributed by atoms with Gasteiger partial charge in [-0.2, -0.15) is 0 Å². The Bertz CT molecular complexity index is 567. The van der Waals surface area contributed by atoms with Crippen molar-refractivity contribution in [1.82, 2.24) is 9.55 Å². The van der Waals surface area contributed by atoms with E-state index in [0.29, 0.717) is 0 Å². The lowest BCUT2D eigenvalue weighted by molar-refractivity contribution is -0.0551. The summed E-state index contributed by atoms with van der Waals surface area (Å²) in [5.41, 5.74) is 4.08. The van der Waals surface area contributed by atoms with E-state index in [2.05, 4.69) is 0 Å². The molecular weight excluding hydrogens is 258 g/mol. The zero-order chi connectivity index (χ0) is 14.2. The van der Waals surface area contributed by atoms with Gasteiger partial charge in [0, 0.05) is 18.3 Å². The number of hydrogen-bond donors (Lipinski definition) is 5. The molecule has 0 amide bonds. The minimum Gasteiger partial charge on any atom is -0.394 e. The van der Waals surface area contributed by atoms with Gasteiger partial charge in [0.05, 0.1) is 6.61 Å². The first-order valence-corrected chi connectivity index (χ1v) is 5.66. The number of ether oxygens (including phenoxy) is 1. The van der Waals surface area contributed by atoms with Crippen LogP contribution in [0, 0.1) is 0 Å². The highest BCUT2D eigenvalue weighted by Crippen LogP contribution is 2.27. The zero-order valence-corrected chi connectivity index (χ0v) is 9.89. The van der Waals surface area contributed by atoms with Crippen LogP contribution in [-0.2, 0) is 11.3 Å². The second-order valence-corrected chi connectivity index (χ2v) is 4.25. The van der Waals surface area contributed by atoms with Crippen molar-refractivity contribution in [3.8, 4) is 0 Å². The fourth-order valence-corrected chi connectivity index (χ4v) is 1.97. The molecule has 19 heavy (non-hydrogen) atoms. The van der Waals surface area contributed by atoms with Gasteiger partial charge in [-0.3, -0.25) is 14.3 Å². The Balaban J connectivity index is 2.43. The van der Waals surface area contributed by atoms with Crippen LogP contribution in [0.2, 0.25) is 0 Å². The molecule has 6 N–H and O–H groups in total. The normalized spacial score (nSPS) is 30.7. The van der Waals surface area contributed by atoms with Crippen molar-refractivity contribution in [2.24, 2.45) is 5.73 Å². The largest absolute Gasteiger partial charge is 0.394 e. The highest BCUT2D eigenvalue weighted by Gasteiger charge is 2.43. The van der Waals surface area contributed by atoms with Crippen molar-refractivity contribution in [2.75, 3.05) is 6.61 Å². The van der Waals surface area contributed by atoms with Gasteiger partial charge < -0.3 is 25.8 Å². The number of nitrogens with one attached hydrogen (secondary N) is 1. The van der Waals surface area contributed by atoms with Crippen LogP contribution in [0.4, 0.5) is 0 Å². The molecule has 1 aliphatic heterocycles. The molecule has 1 aromatic heterocycles. The minimum atomic E-state index is -1.40. The molecule has 0 radical (unpaired) electrons. The van der Waals surface area contributed by atoms with E-state index in [1.807, 2.05) is 4.98 Å². The Hall–Kier alpha value is -1.52. The van der Waals surface area contributed by atoms with Crippen LogP contribution in [0.25, 0.3) is 0 Å². The van der Waals surface area contributed by atoms with E-state index in [1.165, 1.54) is 6.20 Å². The van der Waals surface area contributed by atoms with Crippen molar-refractivity contribution in [3.05, 3.63) is 32.6 Å². The molecule has 106 valence electrons. The summed E-state index contributed by atoms with van der Waals surface area (Å²) in [4.78, 5) is 25.1. The predicted octanol–water partition coefficient (Wildman–Crippen LogP) is -3.39. The van der Waals surface area contributed by atoms with Crippen molar-refractivity contribution in [3.63, 3.8) is 0 Å². The average Bonchev–Trinajstić information content (AvgIpc) is 2.67. The van der Waals surface area contributed by atoms with Gasteiger partial charge in [-0.15, -0.1) is 0 Å². The summed E-state index contributed by atoms with van der Waals surface area (Å²) in [6.07, 6.45) is -3.75. The Morgan fingerprint density at radius 2 is 2.05 bits per heavy atom. The second kappa shape index (κ2) is 5.23. The quantitative estimate of drug-likeness (QED) is 0.385. The van der Waals surface area contributed by atoms with E-state index < -0.39 is 42.4 Å². The molecule has 4 unspecified atom stereocenters. The average molecular weight is 273 g/mol. The van der Waals surface area contributed by atoms with Crippen LogP contribution < -0.4 is 17.0 Å². The molecule has 4 atom stereocenters. The maximum Gasteiger partial charge on any atom is 0.330 e. The first-order valence-electron chi connectivity index (χ1n) is 5.66. The van der Waals surface area contributed by atoms with Gasteiger partial charge in [-0.1, -0.05) is 0 Å². The summed E-state index contributed by atoms with van der Waals surface area (Å²) >= 11 is 0. The number of aliphatic hydroxyl groups excluding tert-OH is 3. The molecule has 0 spiro atoms. The van der Waals surface area contributed by atoms with Crippen LogP contribution in [-0.4, -0.2) is 49.8 Å². The molecule has 1 aliphatic rings. The molecule has 1 fully saturated rings. The van der Waals surface area contributed by atoms with E-state index in [-0.39, 0.29) is 12.1 Å². The molecule has 9 nitrogen and oxygen atoms in total. The van der Waals surface area contributed by atoms with Gasteiger partial charge in [0.25, 0.3) is 5.56 Å². The summed E-state index contributed by atoms with van der Waals surface area (Å²) in [7, 11) is 0. The van der Waals surface area contributed by atoms with Crippen LogP contribution in [0.3, 0.4) is 0 Å². The third-order valence-corrected chi connectivity index (χ3v) is 3.05. The molecule has 1 aromatic rings. The van der Waals surface area contributed by atoms with Crippen molar-refractivity contribution in [2.45, 2.75) is 31.1 Å². The van der Waals surface area contributed by atoms with Gasteiger partial charge in [0.15, 0.2) is 6.23 Å². The number of hydrogen-bond acceptors (Lipinski definition) is 7. The lowest BCUT2D eigenvalue weighted by Crippen LogP contribution is -2.39. The van der Waals surface area contributed by atoms with Gasteiger partial charge >= 0.3 is 5.69 Å². The fraction of sp³-hybridized carbons (Fsp3) is 0.600. The Kier molecular flexibility index (Phi) is 3.83. The first kappa shape index (κ1) is 13.9. The van der Waals surface area contributed by atoms with Gasteiger partial charge in [0.2, 0.25) is 0 Å². The van der Waals surface area contributed by atoms with E-state index in [4.69, 9.17) is 15.6 Å². The van der Waals surface area contributed by atoms with E-state index in [0.717, 1.165) is 4.57 Å². The number of nitrogens with two attached hydrogens (primary N) is 1. The number of aromatic amines is 1. The van der Waals surface area contributed by atoms with Crippen molar-refractivity contribution in [1.29, 1.82) is 0 Å². The molecule has 0 aliphatic carbocycles. The van der Waals surface area contributed by atoms with E-state index >= 15 is 0 Å². The monoisotopic (exact) mass is 273 g/mol. The lowest BCUT2D eigenvalue weighted by atomic mass is 10.1. The predicted molar refractivity (Wildman–Crippen MR) is 62.2 cm³/mol. The molecule has 0 bridgehead atoms. The van der Waals surface area contributed by atoms with Gasteiger partial charge in [-0.05, 0) is 0 Å². The van der Waals surface area contributed by atoms with Crippen LogP contribution >= 0.6 is 0 Å². The molecule has 2 rings (SSSR count). The third kappa shape index (κ3) is 2.33. The standard InChI is InChI=1S/C10H15N3O6/c11-1-4-2-13(10(18)12-8(4)17)9-7(16)6(15)5(3-14)19-9/h2,5-7,9,14-16H,1,3,11H2,(H,12,17,18). The number of aromatic nitrogens is 2. The highest BCUT2D eigenvalue weighted by molar-refractivity contribution is 5.05. The number of aliphatic hydroxyl groups is 3. The summed E-state index contributed by atoms with van der Waals surface area (Å²) in [5.74, 6) is 0. The van der Waals surface area contributed by atoms with Crippen LogP contribution in [0.15, 0.2) is 15.8 Å². The summed E-state index contributed by atoms with van der Waals surface area (Å²) in [6, 6.07) is 0. The van der Waals surface area contributed by atoms with Gasteiger partial charge in [-0.25, -0.2) is 4.79 Å². The number of H-pyrrole nitrogens is 1. The maximum absolute atomic E-state index is 11.7. The maximum atomic E-state index is 11.7. The lowest BCUT2D eigenvalue weighted by Gasteiger charge is -2.17. The zero-order valence-electron chi connectivity index (χ0n) is 9.89. The SMILES string of the molecule is NCc1cn(C2OC(CO)C(O)C2O)c(=O)[nH]c1=O. The number of rotatable bonds is 3. The highest BCUT2D eigenvalue weighted by atomic mass is 16.6. The molecule has 2 heterocycles. The molecule has 0 aromatic carbocycles. The van der Waals surface area contributed by atoms with Crippen molar-refractivity contribution >= 4 is 0 Å². The Morgan fingerprint density at radius 1 is 1.37 bits per heavy atom. The first-order chi connectivity index (χ1) is 8.99. The van der Waals surface area contributed by atoms with Crippen molar-refractivity contribution < 1.29 is 20.1 Å². The summed E-state index contributed by atoms with van der Waals surface area (Å²) in [5, 5.41) is 28.4. The molecular formula is C10H15N3O6. The Morgan fingerprint density at radius 3 is 2.58 bits per heavy atom. The Labute approximate surface area is 106 Å². The topological polar surface area (TPSA) is 151 Å².